The Bertz CT molecular complexity index is 523. The smallest absolute Gasteiger partial charge is 0.105 e. The number of aliphatic imine (C=N–C) groups is 1. The largest absolute Gasteiger partial charge is 0.325 e. The van der Waals surface area contributed by atoms with Crippen molar-refractivity contribution in [1.82, 2.24) is 0 Å². The summed E-state index contributed by atoms with van der Waals surface area (Å²) in [5, 5.41) is 0. The maximum atomic E-state index is 12.4. The lowest BCUT2D eigenvalue weighted by Gasteiger charge is -2.21. The predicted octanol–water partition coefficient (Wildman–Crippen LogP) is 3.89. The van der Waals surface area contributed by atoms with E-state index in [-0.39, 0.29) is 0 Å². The number of hydrogen-bond donors (Lipinski definition) is 1. The summed E-state index contributed by atoms with van der Waals surface area (Å²) in [4.78, 5) is 4.17. The number of rotatable bonds is 6. The normalized spacial score (nSPS) is 26.0. The third-order valence-electron chi connectivity index (χ3n) is 3.79. The van der Waals surface area contributed by atoms with Gasteiger partial charge in [-0.25, -0.2) is 4.39 Å². The number of allylic oxidation sites excluding steroid dienone is 8. The summed E-state index contributed by atoms with van der Waals surface area (Å²) in [6.07, 6.45) is 20.3. The van der Waals surface area contributed by atoms with E-state index in [1.54, 1.807) is 0 Å². The predicted molar refractivity (Wildman–Crippen MR) is 87.9 cm³/mol. The lowest BCUT2D eigenvalue weighted by Crippen LogP contribution is -2.22. The SMILES string of the molecule is C/C=C(\C=C/CC1=CC2C=CN=CC2C=C1)CC(N)CF. The average Bonchev–Trinajstić information content (AvgIpc) is 2.53. The molecule has 2 rings (SSSR count). The van der Waals surface area contributed by atoms with E-state index in [4.69, 9.17) is 5.73 Å². The molecular formula is C18H23FN2. The van der Waals surface area contributed by atoms with Crippen LogP contribution < -0.4 is 5.73 Å². The highest BCUT2D eigenvalue weighted by molar-refractivity contribution is 5.68. The molecule has 0 spiro atoms. The van der Waals surface area contributed by atoms with Crippen molar-refractivity contribution < 1.29 is 4.39 Å². The number of alkyl halides is 1. The highest BCUT2D eigenvalue weighted by Gasteiger charge is 2.18. The minimum atomic E-state index is -0.476. The van der Waals surface area contributed by atoms with Gasteiger partial charge in [0.2, 0.25) is 0 Å². The lowest BCUT2D eigenvalue weighted by molar-refractivity contribution is 0.427. The molecule has 0 aromatic carbocycles. The summed E-state index contributed by atoms with van der Waals surface area (Å²) in [6.45, 7) is 1.48. The molecule has 3 heteroatoms. The third-order valence-corrected chi connectivity index (χ3v) is 3.79. The van der Waals surface area contributed by atoms with Crippen LogP contribution in [-0.4, -0.2) is 18.9 Å². The Labute approximate surface area is 126 Å². The fraction of sp³-hybridized carbons (Fsp3) is 0.389. The molecule has 0 saturated carbocycles. The van der Waals surface area contributed by atoms with Crippen LogP contribution in [0.1, 0.15) is 19.8 Å². The van der Waals surface area contributed by atoms with Crippen LogP contribution in [0.15, 0.2) is 64.9 Å². The average molecular weight is 286 g/mol. The molecule has 0 amide bonds. The molecule has 3 atom stereocenters. The zero-order valence-corrected chi connectivity index (χ0v) is 12.5. The Hall–Kier alpha value is -1.74. The van der Waals surface area contributed by atoms with Crippen molar-refractivity contribution in [3.8, 4) is 0 Å². The van der Waals surface area contributed by atoms with Crippen molar-refractivity contribution in [1.29, 1.82) is 0 Å². The van der Waals surface area contributed by atoms with E-state index >= 15 is 0 Å². The molecule has 0 radical (unpaired) electrons. The molecule has 0 saturated heterocycles. The first-order valence-electron chi connectivity index (χ1n) is 7.45. The second kappa shape index (κ2) is 7.89. The van der Waals surface area contributed by atoms with Crippen molar-refractivity contribution in [2.75, 3.05) is 6.67 Å². The molecule has 0 aromatic rings. The second-order valence-electron chi connectivity index (χ2n) is 5.48. The van der Waals surface area contributed by atoms with Crippen LogP contribution >= 0.6 is 0 Å². The van der Waals surface area contributed by atoms with Crippen molar-refractivity contribution in [3.05, 3.63) is 59.9 Å². The Kier molecular flexibility index (Phi) is 5.88. The number of nitrogens with two attached hydrogens (primary N) is 1. The van der Waals surface area contributed by atoms with Gasteiger partial charge in [-0.05, 0) is 25.3 Å². The maximum Gasteiger partial charge on any atom is 0.105 e. The molecule has 112 valence electrons. The minimum absolute atomic E-state index is 0.399. The van der Waals surface area contributed by atoms with Gasteiger partial charge < -0.3 is 5.73 Å². The van der Waals surface area contributed by atoms with Gasteiger partial charge in [0.1, 0.15) is 6.67 Å². The van der Waals surface area contributed by atoms with Gasteiger partial charge >= 0.3 is 0 Å². The zero-order chi connectivity index (χ0) is 15.1. The summed E-state index contributed by atoms with van der Waals surface area (Å²) in [6, 6.07) is -0.401. The fourth-order valence-corrected chi connectivity index (χ4v) is 2.53. The Balaban J connectivity index is 1.89. The second-order valence-corrected chi connectivity index (χ2v) is 5.48. The van der Waals surface area contributed by atoms with Crippen LogP contribution in [0.4, 0.5) is 4.39 Å². The van der Waals surface area contributed by atoms with E-state index in [1.165, 1.54) is 5.57 Å². The van der Waals surface area contributed by atoms with Crippen molar-refractivity contribution in [2.24, 2.45) is 22.6 Å². The molecule has 2 nitrogen and oxygen atoms in total. The summed E-state index contributed by atoms with van der Waals surface area (Å²) in [5.41, 5.74) is 8.03. The quantitative estimate of drug-likeness (QED) is 0.739. The summed E-state index contributed by atoms with van der Waals surface area (Å²) < 4.78 is 12.4. The van der Waals surface area contributed by atoms with Crippen LogP contribution in [0.25, 0.3) is 0 Å². The van der Waals surface area contributed by atoms with E-state index in [0.717, 1.165) is 12.0 Å². The Morgan fingerprint density at radius 1 is 1.43 bits per heavy atom. The summed E-state index contributed by atoms with van der Waals surface area (Å²) in [7, 11) is 0. The van der Waals surface area contributed by atoms with Gasteiger partial charge in [-0.1, -0.05) is 48.1 Å². The number of nitrogens with zero attached hydrogens (tertiary/aromatic N) is 1. The van der Waals surface area contributed by atoms with E-state index in [0.29, 0.717) is 18.3 Å². The van der Waals surface area contributed by atoms with Crippen LogP contribution in [0, 0.1) is 11.8 Å². The highest BCUT2D eigenvalue weighted by atomic mass is 19.1. The molecule has 21 heavy (non-hydrogen) atoms. The van der Waals surface area contributed by atoms with Crippen molar-refractivity contribution in [3.63, 3.8) is 0 Å². The lowest BCUT2D eigenvalue weighted by atomic mass is 9.84. The van der Waals surface area contributed by atoms with Crippen molar-refractivity contribution >= 4 is 6.21 Å². The highest BCUT2D eigenvalue weighted by Crippen LogP contribution is 2.26. The first kappa shape index (κ1) is 15.6. The molecular weight excluding hydrogens is 263 g/mol. The molecule has 1 aliphatic carbocycles. The summed E-state index contributed by atoms with van der Waals surface area (Å²) in [5.74, 6) is 0.827. The molecule has 2 aliphatic rings. The van der Waals surface area contributed by atoms with Crippen molar-refractivity contribution in [2.45, 2.75) is 25.8 Å². The molecule has 2 N–H and O–H groups in total. The first-order chi connectivity index (χ1) is 10.2. The van der Waals surface area contributed by atoms with Gasteiger partial charge in [-0.3, -0.25) is 4.99 Å². The number of hydrogen-bond acceptors (Lipinski definition) is 2. The van der Waals surface area contributed by atoms with E-state index in [9.17, 15) is 4.39 Å². The molecule has 0 aromatic heterocycles. The van der Waals surface area contributed by atoms with Gasteiger partial charge in [-0.15, -0.1) is 0 Å². The first-order valence-corrected chi connectivity index (χ1v) is 7.45. The molecule has 0 bridgehead atoms. The third kappa shape index (κ3) is 4.64. The molecule has 0 fully saturated rings. The van der Waals surface area contributed by atoms with Crippen LogP contribution in [0.5, 0.6) is 0 Å². The summed E-state index contributed by atoms with van der Waals surface area (Å²) >= 11 is 0. The molecule has 3 unspecified atom stereocenters. The van der Waals surface area contributed by atoms with Crippen LogP contribution in [0.3, 0.4) is 0 Å². The standard InChI is InChI=1S/C18H23FN2/c1-2-14(11-18(20)12-19)4-3-5-15-6-7-17-13-21-9-8-16(17)10-15/h2-4,6-10,13,16-18H,5,11-12,20H2,1H3/b4-3-,14-2+. The zero-order valence-electron chi connectivity index (χ0n) is 12.5. The molecule has 1 heterocycles. The fourth-order valence-electron chi connectivity index (χ4n) is 2.53. The van der Waals surface area contributed by atoms with Gasteiger partial charge in [0.15, 0.2) is 0 Å². The Morgan fingerprint density at radius 3 is 3.05 bits per heavy atom. The van der Waals surface area contributed by atoms with Gasteiger partial charge in [0.25, 0.3) is 0 Å². The van der Waals surface area contributed by atoms with Crippen LogP contribution in [-0.2, 0) is 0 Å². The van der Waals surface area contributed by atoms with E-state index < -0.39 is 12.7 Å². The molecule has 1 aliphatic heterocycles. The van der Waals surface area contributed by atoms with Gasteiger partial charge in [0.05, 0.1) is 0 Å². The maximum absolute atomic E-state index is 12.4. The Morgan fingerprint density at radius 2 is 2.29 bits per heavy atom. The van der Waals surface area contributed by atoms with Gasteiger partial charge in [-0.2, -0.15) is 0 Å². The van der Waals surface area contributed by atoms with Crippen LogP contribution in [0.2, 0.25) is 0 Å². The topological polar surface area (TPSA) is 38.4 Å². The number of fused-ring (bicyclic) bond motifs is 1. The van der Waals surface area contributed by atoms with E-state index in [2.05, 4.69) is 41.4 Å². The minimum Gasteiger partial charge on any atom is -0.325 e. The monoisotopic (exact) mass is 286 g/mol. The van der Waals surface area contributed by atoms with Gasteiger partial charge in [0, 0.05) is 30.3 Å². The van der Waals surface area contributed by atoms with E-state index in [1.807, 2.05) is 25.4 Å². The number of halogens is 1.